The van der Waals surface area contributed by atoms with Crippen LogP contribution in [0.5, 0.6) is 0 Å². The molecule has 0 aliphatic rings. The molecule has 0 aliphatic heterocycles. The van der Waals surface area contributed by atoms with Gasteiger partial charge in [0.25, 0.3) is 0 Å². The van der Waals surface area contributed by atoms with Gasteiger partial charge in [-0.15, -0.1) is 11.8 Å². The van der Waals surface area contributed by atoms with Crippen molar-refractivity contribution < 1.29 is 18.8 Å². The van der Waals surface area contributed by atoms with Crippen LogP contribution in [0.1, 0.15) is 23.9 Å². The number of hydrogen-bond acceptors (Lipinski definition) is 6. The first-order valence-corrected chi connectivity index (χ1v) is 6.97. The summed E-state index contributed by atoms with van der Waals surface area (Å²) in [4.78, 5) is 22.7. The molecule has 1 N–H and O–H groups in total. The quantitative estimate of drug-likeness (QED) is 0.791. The molecule has 0 spiro atoms. The summed E-state index contributed by atoms with van der Waals surface area (Å²) >= 11 is 1.44. The average molecular weight is 286 g/mol. The van der Waals surface area contributed by atoms with Crippen LogP contribution in [-0.2, 0) is 20.1 Å². The van der Waals surface area contributed by atoms with E-state index in [4.69, 9.17) is 4.52 Å². The molecule has 0 bridgehead atoms. The molecular formula is C12H18N2O4S. The third-order valence-electron chi connectivity index (χ3n) is 2.59. The fraction of sp³-hybridized carbons (Fsp3) is 0.583. The normalized spacial score (nSPS) is 12.0. The first kappa shape index (κ1) is 15.6. The molecule has 1 heterocycles. The predicted molar refractivity (Wildman–Crippen MR) is 71.8 cm³/mol. The molecule has 7 heteroatoms. The zero-order valence-corrected chi connectivity index (χ0v) is 12.3. The Bertz CT molecular complexity index is 439. The van der Waals surface area contributed by atoms with Crippen molar-refractivity contribution in [2.24, 2.45) is 0 Å². The summed E-state index contributed by atoms with van der Waals surface area (Å²) in [5.74, 6) is 1.04. The number of ether oxygens (including phenoxy) is 1. The van der Waals surface area contributed by atoms with E-state index in [1.165, 1.54) is 18.9 Å². The molecule has 1 amide bonds. The lowest BCUT2D eigenvalue weighted by Crippen LogP contribution is -2.40. The summed E-state index contributed by atoms with van der Waals surface area (Å²) in [7, 11) is 1.29. The zero-order chi connectivity index (χ0) is 14.4. The van der Waals surface area contributed by atoms with Crippen LogP contribution in [0.25, 0.3) is 0 Å². The van der Waals surface area contributed by atoms with Crippen LogP contribution in [0.3, 0.4) is 0 Å². The largest absolute Gasteiger partial charge is 0.467 e. The summed E-state index contributed by atoms with van der Waals surface area (Å²) in [6.07, 6.45) is 0. The van der Waals surface area contributed by atoms with Crippen molar-refractivity contribution in [2.45, 2.75) is 32.6 Å². The fourth-order valence-corrected chi connectivity index (χ4v) is 2.46. The summed E-state index contributed by atoms with van der Waals surface area (Å²) in [6.45, 7) is 5.30. The topological polar surface area (TPSA) is 81.4 Å². The van der Waals surface area contributed by atoms with Crippen molar-refractivity contribution in [2.75, 3.05) is 12.9 Å². The number of methoxy groups -OCH3 is 1. The lowest BCUT2D eigenvalue weighted by atomic mass is 10.2. The minimum Gasteiger partial charge on any atom is -0.467 e. The lowest BCUT2D eigenvalue weighted by molar-refractivity contribution is -0.144. The number of carbonyl (C=O) groups is 2. The number of nitrogens with zero attached hydrogens (tertiary/aromatic N) is 1. The van der Waals surface area contributed by atoms with Gasteiger partial charge in [0.15, 0.2) is 0 Å². The van der Waals surface area contributed by atoms with E-state index in [9.17, 15) is 9.59 Å². The Morgan fingerprint density at radius 3 is 2.68 bits per heavy atom. The molecule has 0 saturated heterocycles. The summed E-state index contributed by atoms with van der Waals surface area (Å²) in [5, 5.41) is 6.41. The maximum atomic E-state index is 11.6. The molecule has 0 unspecified atom stereocenters. The Balaban J connectivity index is 2.34. The van der Waals surface area contributed by atoms with E-state index in [1.54, 1.807) is 6.92 Å². The first-order chi connectivity index (χ1) is 8.95. The molecule has 19 heavy (non-hydrogen) atoms. The summed E-state index contributed by atoms with van der Waals surface area (Å²) in [6, 6.07) is -0.628. The molecular weight excluding hydrogens is 268 g/mol. The van der Waals surface area contributed by atoms with Crippen LogP contribution >= 0.6 is 11.8 Å². The third kappa shape index (κ3) is 4.59. The van der Waals surface area contributed by atoms with E-state index in [0.717, 1.165) is 17.0 Å². The monoisotopic (exact) mass is 286 g/mol. The number of hydrogen-bond donors (Lipinski definition) is 1. The van der Waals surface area contributed by atoms with Crippen molar-refractivity contribution in [3.8, 4) is 0 Å². The smallest absolute Gasteiger partial charge is 0.328 e. The highest BCUT2D eigenvalue weighted by molar-refractivity contribution is 7.99. The number of amides is 1. The Morgan fingerprint density at radius 2 is 2.16 bits per heavy atom. The molecule has 1 atom stereocenters. The van der Waals surface area contributed by atoms with Gasteiger partial charge in [-0.25, -0.2) is 4.79 Å². The number of rotatable bonds is 6. The van der Waals surface area contributed by atoms with Crippen LogP contribution in [0.15, 0.2) is 4.52 Å². The molecule has 106 valence electrons. The van der Waals surface area contributed by atoms with Crippen molar-refractivity contribution in [1.29, 1.82) is 0 Å². The van der Waals surface area contributed by atoms with Gasteiger partial charge >= 0.3 is 5.97 Å². The fourth-order valence-electron chi connectivity index (χ4n) is 1.47. The van der Waals surface area contributed by atoms with Crippen LogP contribution in [0.2, 0.25) is 0 Å². The summed E-state index contributed by atoms with van der Waals surface area (Å²) < 4.78 is 9.56. The van der Waals surface area contributed by atoms with Crippen molar-refractivity contribution >= 4 is 23.6 Å². The molecule has 0 fully saturated rings. The number of aromatic nitrogens is 1. The second-order valence-electron chi connectivity index (χ2n) is 4.11. The number of nitrogens with one attached hydrogen (secondary N) is 1. The second-order valence-corrected chi connectivity index (χ2v) is 5.09. The Morgan fingerprint density at radius 1 is 1.47 bits per heavy atom. The predicted octanol–water partition coefficient (Wildman–Crippen LogP) is 1.20. The minimum absolute atomic E-state index is 0.199. The van der Waals surface area contributed by atoms with Gasteiger partial charge in [0.1, 0.15) is 11.8 Å². The number of esters is 1. The van der Waals surface area contributed by atoms with Gasteiger partial charge in [0.2, 0.25) is 5.91 Å². The molecule has 0 radical (unpaired) electrons. The Hall–Kier alpha value is -1.50. The van der Waals surface area contributed by atoms with Gasteiger partial charge in [0, 0.05) is 11.3 Å². The molecule has 0 aromatic carbocycles. The standard InChI is InChI=1S/C12H18N2O4S/c1-7-10(9(3)18-14-7)5-19-6-11(15)13-8(2)12(16)17-4/h8H,5-6H2,1-4H3,(H,13,15)/t8-/m0/s1. The van der Waals surface area contributed by atoms with Crippen LogP contribution in [-0.4, -0.2) is 35.9 Å². The maximum Gasteiger partial charge on any atom is 0.328 e. The molecule has 0 saturated carbocycles. The highest BCUT2D eigenvalue weighted by Gasteiger charge is 2.16. The highest BCUT2D eigenvalue weighted by Crippen LogP contribution is 2.19. The minimum atomic E-state index is -0.628. The van der Waals surface area contributed by atoms with Gasteiger partial charge in [-0.05, 0) is 20.8 Å². The highest BCUT2D eigenvalue weighted by atomic mass is 32.2. The van der Waals surface area contributed by atoms with Crippen LogP contribution in [0, 0.1) is 13.8 Å². The van der Waals surface area contributed by atoms with Gasteiger partial charge < -0.3 is 14.6 Å². The zero-order valence-electron chi connectivity index (χ0n) is 11.5. The van der Waals surface area contributed by atoms with Crippen molar-refractivity contribution in [3.05, 3.63) is 17.0 Å². The summed E-state index contributed by atoms with van der Waals surface area (Å²) in [5.41, 5.74) is 1.85. The SMILES string of the molecule is COC(=O)[C@H](C)NC(=O)CSCc1c(C)noc1C. The molecule has 1 aromatic heterocycles. The lowest BCUT2D eigenvalue weighted by Gasteiger charge is -2.11. The van der Waals surface area contributed by atoms with Crippen molar-refractivity contribution in [1.82, 2.24) is 10.5 Å². The molecule has 1 aromatic rings. The average Bonchev–Trinajstić information content (AvgIpc) is 2.69. The maximum absolute atomic E-state index is 11.6. The third-order valence-corrected chi connectivity index (χ3v) is 3.55. The van der Waals surface area contributed by atoms with Gasteiger partial charge in [-0.3, -0.25) is 4.79 Å². The number of thioether (sulfide) groups is 1. The molecule has 0 aliphatic carbocycles. The number of aryl methyl sites for hydroxylation is 2. The van der Waals surface area contributed by atoms with Crippen LogP contribution < -0.4 is 5.32 Å². The van der Waals surface area contributed by atoms with Gasteiger partial charge in [0.05, 0.1) is 18.6 Å². The molecule has 6 nitrogen and oxygen atoms in total. The van der Waals surface area contributed by atoms with E-state index < -0.39 is 12.0 Å². The first-order valence-electron chi connectivity index (χ1n) is 5.82. The van der Waals surface area contributed by atoms with Gasteiger partial charge in [-0.2, -0.15) is 0 Å². The molecule has 1 rings (SSSR count). The van der Waals surface area contributed by atoms with E-state index >= 15 is 0 Å². The Labute approximate surface area is 116 Å². The van der Waals surface area contributed by atoms with E-state index in [2.05, 4.69) is 15.2 Å². The van der Waals surface area contributed by atoms with E-state index in [0.29, 0.717) is 5.75 Å². The van der Waals surface area contributed by atoms with E-state index in [1.807, 2.05) is 13.8 Å². The number of carbonyl (C=O) groups excluding carboxylic acids is 2. The Kier molecular flexibility index (Phi) is 5.88. The van der Waals surface area contributed by atoms with Gasteiger partial charge in [-0.1, -0.05) is 5.16 Å². The van der Waals surface area contributed by atoms with E-state index in [-0.39, 0.29) is 11.7 Å². The van der Waals surface area contributed by atoms with Crippen LogP contribution in [0.4, 0.5) is 0 Å². The van der Waals surface area contributed by atoms with Crippen molar-refractivity contribution in [3.63, 3.8) is 0 Å². The second kappa shape index (κ2) is 7.18.